The van der Waals surface area contributed by atoms with Gasteiger partial charge in [0.2, 0.25) is 5.91 Å². The van der Waals surface area contributed by atoms with Crippen molar-refractivity contribution in [3.05, 3.63) is 60.2 Å². The van der Waals surface area contributed by atoms with E-state index in [1.165, 1.54) is 5.56 Å². The van der Waals surface area contributed by atoms with Crippen molar-refractivity contribution in [3.8, 4) is 0 Å². The van der Waals surface area contributed by atoms with Gasteiger partial charge in [-0.05, 0) is 36.2 Å². The molecule has 0 aliphatic carbocycles. The first kappa shape index (κ1) is 19.9. The first-order valence-corrected chi connectivity index (χ1v) is 9.75. The minimum atomic E-state index is -0.0865. The van der Waals surface area contributed by atoms with Crippen molar-refractivity contribution in [2.45, 2.75) is 13.3 Å². The molecular formula is C22H28N4O2. The quantitative estimate of drug-likeness (QED) is 0.867. The van der Waals surface area contributed by atoms with Crippen LogP contribution in [-0.4, -0.2) is 61.5 Å². The van der Waals surface area contributed by atoms with Crippen LogP contribution >= 0.6 is 0 Å². The molecule has 0 atom stereocenters. The number of carbonyl (C=O) groups is 2. The monoisotopic (exact) mass is 380 g/mol. The summed E-state index contributed by atoms with van der Waals surface area (Å²) in [6.07, 6.45) is 0.981. The van der Waals surface area contributed by atoms with Crippen molar-refractivity contribution < 1.29 is 9.59 Å². The van der Waals surface area contributed by atoms with Crippen molar-refractivity contribution in [2.24, 2.45) is 0 Å². The summed E-state index contributed by atoms with van der Waals surface area (Å²) in [5.74, 6) is 0.0557. The van der Waals surface area contributed by atoms with Crippen LogP contribution in [0.5, 0.6) is 0 Å². The summed E-state index contributed by atoms with van der Waals surface area (Å²) in [7, 11) is 1.80. The number of nitrogens with zero attached hydrogens (tertiary/aromatic N) is 3. The van der Waals surface area contributed by atoms with E-state index in [0.29, 0.717) is 32.7 Å². The lowest BCUT2D eigenvalue weighted by atomic mass is 10.1. The molecule has 1 heterocycles. The summed E-state index contributed by atoms with van der Waals surface area (Å²) in [6, 6.07) is 17.5. The number of carbonyl (C=O) groups excluding carboxylic acids is 2. The third-order valence-corrected chi connectivity index (χ3v) is 5.15. The van der Waals surface area contributed by atoms with E-state index in [-0.39, 0.29) is 11.9 Å². The van der Waals surface area contributed by atoms with Crippen LogP contribution in [0.4, 0.5) is 16.2 Å². The van der Waals surface area contributed by atoms with Gasteiger partial charge in [-0.1, -0.05) is 37.3 Å². The Morgan fingerprint density at radius 1 is 0.964 bits per heavy atom. The van der Waals surface area contributed by atoms with E-state index in [1.807, 2.05) is 54.6 Å². The van der Waals surface area contributed by atoms with E-state index in [4.69, 9.17) is 0 Å². The molecule has 0 bridgehead atoms. The Kier molecular flexibility index (Phi) is 6.66. The van der Waals surface area contributed by atoms with Crippen LogP contribution in [0.2, 0.25) is 0 Å². The first-order chi connectivity index (χ1) is 13.6. The Balaban J connectivity index is 1.45. The molecule has 1 N–H and O–H groups in total. The molecule has 148 valence electrons. The van der Waals surface area contributed by atoms with E-state index in [2.05, 4.69) is 17.1 Å². The molecule has 1 aliphatic rings. The van der Waals surface area contributed by atoms with Crippen LogP contribution in [0.1, 0.15) is 12.5 Å². The molecule has 0 unspecified atom stereocenters. The number of rotatable bonds is 5. The van der Waals surface area contributed by atoms with Gasteiger partial charge in [0.25, 0.3) is 0 Å². The minimum absolute atomic E-state index is 0.0557. The molecule has 6 nitrogen and oxygen atoms in total. The standard InChI is InChI=1S/C22H28N4O2/c1-3-18-9-11-19(12-10-18)23-22(28)26-15-13-25(14-16-26)17-21(27)24(2)20-7-5-4-6-8-20/h4-12H,3,13-17H2,1-2H3,(H,23,28). The lowest BCUT2D eigenvalue weighted by Crippen LogP contribution is -2.52. The maximum absolute atomic E-state index is 12.5. The number of piperazine rings is 1. The molecule has 1 aliphatic heterocycles. The highest BCUT2D eigenvalue weighted by molar-refractivity contribution is 5.94. The predicted octanol–water partition coefficient (Wildman–Crippen LogP) is 3.06. The Morgan fingerprint density at radius 3 is 2.21 bits per heavy atom. The number of hydrogen-bond acceptors (Lipinski definition) is 3. The average molecular weight is 380 g/mol. The van der Waals surface area contributed by atoms with E-state index in [9.17, 15) is 9.59 Å². The fraction of sp³-hybridized carbons (Fsp3) is 0.364. The van der Waals surface area contributed by atoms with Gasteiger partial charge in [0.05, 0.1) is 6.54 Å². The molecule has 0 radical (unpaired) electrons. The van der Waals surface area contributed by atoms with Crippen LogP contribution in [0.25, 0.3) is 0 Å². The number of hydrogen-bond donors (Lipinski definition) is 1. The maximum atomic E-state index is 12.5. The third-order valence-electron chi connectivity index (χ3n) is 5.15. The molecule has 2 aromatic carbocycles. The van der Waals surface area contributed by atoms with Gasteiger partial charge in [0, 0.05) is 44.6 Å². The van der Waals surface area contributed by atoms with Gasteiger partial charge >= 0.3 is 6.03 Å². The molecule has 0 spiro atoms. The number of para-hydroxylation sites is 1. The lowest BCUT2D eigenvalue weighted by Gasteiger charge is -2.35. The normalized spacial score (nSPS) is 14.6. The predicted molar refractivity (Wildman–Crippen MR) is 113 cm³/mol. The van der Waals surface area contributed by atoms with Crippen LogP contribution in [0, 0.1) is 0 Å². The first-order valence-electron chi connectivity index (χ1n) is 9.75. The second-order valence-corrected chi connectivity index (χ2v) is 7.03. The Morgan fingerprint density at radius 2 is 1.61 bits per heavy atom. The van der Waals surface area contributed by atoms with Crippen molar-refractivity contribution in [1.82, 2.24) is 9.80 Å². The fourth-order valence-electron chi connectivity index (χ4n) is 3.23. The number of urea groups is 1. The van der Waals surface area contributed by atoms with Crippen LogP contribution in [0.15, 0.2) is 54.6 Å². The molecule has 2 aromatic rings. The van der Waals surface area contributed by atoms with Gasteiger partial charge in [-0.25, -0.2) is 4.79 Å². The molecule has 6 heteroatoms. The number of nitrogens with one attached hydrogen (secondary N) is 1. The molecule has 0 aromatic heterocycles. The number of benzene rings is 2. The summed E-state index contributed by atoms with van der Waals surface area (Å²) >= 11 is 0. The Hall–Kier alpha value is -2.86. The second-order valence-electron chi connectivity index (χ2n) is 7.03. The zero-order chi connectivity index (χ0) is 19.9. The van der Waals surface area contributed by atoms with Crippen molar-refractivity contribution in [2.75, 3.05) is 50.0 Å². The average Bonchev–Trinajstić information content (AvgIpc) is 2.74. The molecule has 3 rings (SSSR count). The van der Waals surface area contributed by atoms with E-state index < -0.39 is 0 Å². The molecule has 1 saturated heterocycles. The topological polar surface area (TPSA) is 55.9 Å². The highest BCUT2D eigenvalue weighted by atomic mass is 16.2. The van der Waals surface area contributed by atoms with Gasteiger partial charge in [0.1, 0.15) is 0 Å². The Labute approximate surface area is 166 Å². The van der Waals surface area contributed by atoms with Crippen molar-refractivity contribution in [3.63, 3.8) is 0 Å². The number of aryl methyl sites for hydroxylation is 1. The number of anilines is 2. The minimum Gasteiger partial charge on any atom is -0.322 e. The van der Waals surface area contributed by atoms with E-state index in [0.717, 1.165) is 17.8 Å². The van der Waals surface area contributed by atoms with E-state index >= 15 is 0 Å². The number of likely N-dealkylation sites (N-methyl/N-ethyl adjacent to an activating group) is 1. The largest absolute Gasteiger partial charge is 0.322 e. The lowest BCUT2D eigenvalue weighted by molar-refractivity contribution is -0.119. The molecule has 3 amide bonds. The third kappa shape index (κ3) is 5.10. The zero-order valence-corrected chi connectivity index (χ0v) is 16.6. The van der Waals surface area contributed by atoms with Gasteiger partial charge in [-0.2, -0.15) is 0 Å². The summed E-state index contributed by atoms with van der Waals surface area (Å²) in [6.45, 7) is 5.07. The van der Waals surface area contributed by atoms with E-state index in [1.54, 1.807) is 16.8 Å². The zero-order valence-electron chi connectivity index (χ0n) is 16.6. The van der Waals surface area contributed by atoms with Crippen molar-refractivity contribution >= 4 is 23.3 Å². The molecule has 1 fully saturated rings. The molecule has 0 saturated carbocycles. The highest BCUT2D eigenvalue weighted by Crippen LogP contribution is 2.14. The molecule has 28 heavy (non-hydrogen) atoms. The van der Waals surface area contributed by atoms with Gasteiger partial charge in [-0.3, -0.25) is 9.69 Å². The van der Waals surface area contributed by atoms with Gasteiger partial charge < -0.3 is 15.1 Å². The Bertz CT molecular complexity index is 784. The van der Waals surface area contributed by atoms with Gasteiger partial charge in [-0.15, -0.1) is 0 Å². The molecular weight excluding hydrogens is 352 g/mol. The summed E-state index contributed by atoms with van der Waals surface area (Å²) < 4.78 is 0. The van der Waals surface area contributed by atoms with Crippen molar-refractivity contribution in [1.29, 1.82) is 0 Å². The van der Waals surface area contributed by atoms with Crippen LogP contribution in [0.3, 0.4) is 0 Å². The van der Waals surface area contributed by atoms with Gasteiger partial charge in [0.15, 0.2) is 0 Å². The highest BCUT2D eigenvalue weighted by Gasteiger charge is 2.23. The summed E-state index contributed by atoms with van der Waals surface area (Å²) in [5.41, 5.74) is 2.95. The SMILES string of the molecule is CCc1ccc(NC(=O)N2CCN(CC(=O)N(C)c3ccccc3)CC2)cc1. The summed E-state index contributed by atoms with van der Waals surface area (Å²) in [5, 5.41) is 2.95. The van der Waals surface area contributed by atoms with Crippen LogP contribution in [-0.2, 0) is 11.2 Å². The maximum Gasteiger partial charge on any atom is 0.321 e. The fourth-order valence-corrected chi connectivity index (χ4v) is 3.23. The second kappa shape index (κ2) is 9.37. The summed E-state index contributed by atoms with van der Waals surface area (Å²) in [4.78, 5) is 30.6. The smallest absolute Gasteiger partial charge is 0.321 e. The number of amides is 3. The van der Waals surface area contributed by atoms with Crippen LogP contribution < -0.4 is 10.2 Å².